The van der Waals surface area contributed by atoms with Gasteiger partial charge in [-0.15, -0.1) is 0 Å². The molecule has 0 radical (unpaired) electrons. The first-order valence-corrected chi connectivity index (χ1v) is 17.2. The van der Waals surface area contributed by atoms with Crippen LogP contribution >= 0.6 is 0 Å². The predicted molar refractivity (Wildman–Crippen MR) is 209 cm³/mol. The molecule has 6 heteroatoms. The fourth-order valence-corrected chi connectivity index (χ4v) is 7.96. The van der Waals surface area contributed by atoms with Crippen molar-refractivity contribution < 1.29 is 4.42 Å². The Bertz CT molecular complexity index is 3040. The predicted octanol–water partition coefficient (Wildman–Crippen LogP) is 10.7. The number of furan rings is 1. The molecule has 1 atom stereocenters. The fraction of sp³-hybridized carbons (Fsp3) is 0.0222. The molecule has 1 aliphatic heterocycles. The summed E-state index contributed by atoms with van der Waals surface area (Å²) in [5.74, 6) is 1.40. The number of benzene rings is 7. The smallest absolute Gasteiger partial charge is 0.234 e. The average Bonchev–Trinajstić information content (AvgIpc) is 3.86. The minimum Gasteiger partial charge on any atom is -0.455 e. The summed E-state index contributed by atoms with van der Waals surface area (Å²) in [5, 5.41) is 10.3. The van der Waals surface area contributed by atoms with E-state index in [-0.39, 0.29) is 6.17 Å². The van der Waals surface area contributed by atoms with Crippen LogP contribution in [0.2, 0.25) is 0 Å². The number of nitrogens with one attached hydrogen (secondary N) is 1. The number of rotatable bonds is 3. The summed E-state index contributed by atoms with van der Waals surface area (Å²) in [5.41, 5.74) is 9.15. The molecule has 6 nitrogen and oxygen atoms in total. The molecule has 0 spiro atoms. The third kappa shape index (κ3) is 4.10. The Morgan fingerprint density at radius 3 is 1.96 bits per heavy atom. The van der Waals surface area contributed by atoms with Crippen molar-refractivity contribution in [2.45, 2.75) is 6.17 Å². The Hall–Kier alpha value is -6.92. The molecule has 0 saturated carbocycles. The van der Waals surface area contributed by atoms with Gasteiger partial charge < -0.3 is 14.3 Å². The normalized spacial score (nSPS) is 14.9. The molecular formula is C45H29N5O. The summed E-state index contributed by atoms with van der Waals surface area (Å²) in [6.45, 7) is 0. The lowest BCUT2D eigenvalue weighted by atomic mass is 10.1. The summed E-state index contributed by atoms with van der Waals surface area (Å²) < 4.78 is 11.4. The van der Waals surface area contributed by atoms with Crippen LogP contribution in [-0.2, 0) is 0 Å². The van der Waals surface area contributed by atoms with E-state index in [1.807, 2.05) is 30.3 Å². The number of aromatic nitrogens is 2. The number of amidine groups is 1. The Balaban J connectivity index is 1.33. The van der Waals surface area contributed by atoms with Gasteiger partial charge in [-0.2, -0.15) is 4.99 Å². The van der Waals surface area contributed by atoms with Crippen molar-refractivity contribution in [2.24, 2.45) is 9.98 Å². The molecule has 0 saturated heterocycles. The number of hydrogen-bond acceptors (Lipinski definition) is 4. The number of aliphatic imine (C=N–C) groups is 2. The van der Waals surface area contributed by atoms with Crippen molar-refractivity contribution in [2.75, 3.05) is 0 Å². The molecule has 1 aliphatic rings. The maximum absolute atomic E-state index is 6.79. The summed E-state index contributed by atoms with van der Waals surface area (Å²) in [6, 6.07) is 57.1. The van der Waals surface area contributed by atoms with Crippen LogP contribution in [0.1, 0.15) is 17.3 Å². The van der Waals surface area contributed by atoms with Gasteiger partial charge in [-0.1, -0.05) is 121 Å². The second-order valence-electron chi connectivity index (χ2n) is 13.0. The zero-order valence-corrected chi connectivity index (χ0v) is 27.4. The maximum Gasteiger partial charge on any atom is 0.234 e. The molecule has 0 bridgehead atoms. The lowest BCUT2D eigenvalue weighted by Gasteiger charge is -2.24. The lowest BCUT2D eigenvalue weighted by molar-refractivity contribution is 0.668. The highest BCUT2D eigenvalue weighted by atomic mass is 16.3. The van der Waals surface area contributed by atoms with Crippen LogP contribution in [0, 0.1) is 0 Å². The molecule has 0 aliphatic carbocycles. The summed E-state index contributed by atoms with van der Waals surface area (Å²) >= 11 is 0. The van der Waals surface area contributed by atoms with Gasteiger partial charge in [0.25, 0.3) is 0 Å². The van der Waals surface area contributed by atoms with E-state index < -0.39 is 0 Å². The third-order valence-corrected chi connectivity index (χ3v) is 10.2. The maximum atomic E-state index is 6.79. The molecule has 3 aromatic heterocycles. The van der Waals surface area contributed by atoms with Gasteiger partial charge in [0.2, 0.25) is 5.96 Å². The van der Waals surface area contributed by atoms with Gasteiger partial charge in [0, 0.05) is 38.2 Å². The van der Waals surface area contributed by atoms with Gasteiger partial charge in [0.15, 0.2) is 0 Å². The number of fused-ring (bicyclic) bond motifs is 11. The molecule has 240 valence electrons. The standard InChI is InChI=1S/C45H29N5O/c1-4-14-28(15-5-1)43-46-44(29-16-6-2-7-17-29)48-45(47-43)50-35-22-12-10-20-31(35)33-24-26-36-39(41(33)50)40-37(49(36)30-18-8-3-9-19-30)27-25-34-32-21-11-13-23-38(32)51-42(34)40/h1-27,43H,(H,46,47,48). The van der Waals surface area contributed by atoms with E-state index in [1.54, 1.807) is 0 Å². The van der Waals surface area contributed by atoms with Crippen molar-refractivity contribution in [3.8, 4) is 5.69 Å². The van der Waals surface area contributed by atoms with Crippen molar-refractivity contribution in [1.29, 1.82) is 0 Å². The second kappa shape index (κ2) is 10.8. The van der Waals surface area contributed by atoms with Crippen LogP contribution in [0.25, 0.3) is 71.2 Å². The highest BCUT2D eigenvalue weighted by Gasteiger charge is 2.27. The quantitative estimate of drug-likeness (QED) is 0.206. The SMILES string of the molecule is c1ccc(C2=NC(n3c4ccccc4c4ccc5c(c6c7oc8ccccc8c7ccc6n5-c5ccccc5)c43)=NC(c3ccccc3)N2)cc1. The molecule has 7 aromatic carbocycles. The van der Waals surface area contributed by atoms with Crippen molar-refractivity contribution in [3.05, 3.63) is 175 Å². The molecule has 0 fully saturated rings. The first kappa shape index (κ1) is 28.0. The highest BCUT2D eigenvalue weighted by Crippen LogP contribution is 2.45. The monoisotopic (exact) mass is 655 g/mol. The molecular weight excluding hydrogens is 627 g/mol. The number of para-hydroxylation sites is 3. The summed E-state index contributed by atoms with van der Waals surface area (Å²) in [4.78, 5) is 10.7. The number of nitrogens with zero attached hydrogens (tertiary/aromatic N) is 4. The van der Waals surface area contributed by atoms with E-state index in [0.717, 1.165) is 88.2 Å². The van der Waals surface area contributed by atoms with E-state index in [0.29, 0.717) is 5.96 Å². The molecule has 1 N–H and O–H groups in total. The summed E-state index contributed by atoms with van der Waals surface area (Å²) in [7, 11) is 0. The van der Waals surface area contributed by atoms with Gasteiger partial charge >= 0.3 is 0 Å². The van der Waals surface area contributed by atoms with E-state index >= 15 is 0 Å². The van der Waals surface area contributed by atoms with Gasteiger partial charge in [-0.3, -0.25) is 4.57 Å². The van der Waals surface area contributed by atoms with E-state index in [1.165, 1.54) is 0 Å². The molecule has 11 rings (SSSR count). The van der Waals surface area contributed by atoms with Crippen LogP contribution in [0.15, 0.2) is 178 Å². The second-order valence-corrected chi connectivity index (χ2v) is 13.0. The molecule has 4 heterocycles. The minimum absolute atomic E-state index is 0.336. The van der Waals surface area contributed by atoms with E-state index in [2.05, 4.69) is 148 Å². The van der Waals surface area contributed by atoms with Crippen LogP contribution in [0.4, 0.5) is 0 Å². The highest BCUT2D eigenvalue weighted by molar-refractivity contribution is 6.33. The molecule has 51 heavy (non-hydrogen) atoms. The van der Waals surface area contributed by atoms with E-state index in [4.69, 9.17) is 14.4 Å². The lowest BCUT2D eigenvalue weighted by Crippen LogP contribution is -2.35. The van der Waals surface area contributed by atoms with Crippen molar-refractivity contribution >= 4 is 77.3 Å². The first-order valence-electron chi connectivity index (χ1n) is 17.2. The molecule has 10 aromatic rings. The third-order valence-electron chi connectivity index (χ3n) is 10.2. The fourth-order valence-electron chi connectivity index (χ4n) is 7.96. The Labute approximate surface area is 292 Å². The zero-order valence-electron chi connectivity index (χ0n) is 27.4. The first-order chi connectivity index (χ1) is 25.3. The average molecular weight is 656 g/mol. The minimum atomic E-state index is -0.336. The van der Waals surface area contributed by atoms with Gasteiger partial charge in [-0.25, -0.2) is 4.99 Å². The number of hydrogen-bond donors (Lipinski definition) is 1. The van der Waals surface area contributed by atoms with E-state index in [9.17, 15) is 0 Å². The summed E-state index contributed by atoms with van der Waals surface area (Å²) in [6.07, 6.45) is -0.336. The van der Waals surface area contributed by atoms with Crippen molar-refractivity contribution in [1.82, 2.24) is 14.5 Å². The largest absolute Gasteiger partial charge is 0.455 e. The molecule has 0 amide bonds. The Kier molecular flexibility index (Phi) is 5.92. The Morgan fingerprint density at radius 2 is 1.16 bits per heavy atom. The van der Waals surface area contributed by atoms with Crippen molar-refractivity contribution in [3.63, 3.8) is 0 Å². The van der Waals surface area contributed by atoms with Gasteiger partial charge in [0.1, 0.15) is 23.2 Å². The van der Waals surface area contributed by atoms with Crippen LogP contribution < -0.4 is 5.32 Å². The van der Waals surface area contributed by atoms with Crippen LogP contribution in [-0.4, -0.2) is 20.9 Å². The van der Waals surface area contributed by atoms with Crippen LogP contribution in [0.3, 0.4) is 0 Å². The van der Waals surface area contributed by atoms with Crippen LogP contribution in [0.5, 0.6) is 0 Å². The van der Waals surface area contributed by atoms with Gasteiger partial charge in [0.05, 0.1) is 27.5 Å². The Morgan fingerprint density at radius 1 is 0.510 bits per heavy atom. The zero-order chi connectivity index (χ0) is 33.5. The molecule has 1 unspecified atom stereocenters. The topological polar surface area (TPSA) is 59.8 Å². The van der Waals surface area contributed by atoms with Gasteiger partial charge in [-0.05, 0) is 48.0 Å².